The molecule has 0 saturated carbocycles. The van der Waals surface area contributed by atoms with Gasteiger partial charge in [0.25, 0.3) is 0 Å². The molecule has 0 unspecified atom stereocenters. The second-order valence-corrected chi connectivity index (χ2v) is 5.26. The zero-order valence-electron chi connectivity index (χ0n) is 11.8. The third-order valence-corrected chi connectivity index (χ3v) is 3.99. The minimum absolute atomic E-state index is 0.0153. The van der Waals surface area contributed by atoms with E-state index in [1.165, 1.54) is 0 Å². The topological polar surface area (TPSA) is 84.4 Å². The summed E-state index contributed by atoms with van der Waals surface area (Å²) >= 11 is 0. The van der Waals surface area contributed by atoms with Gasteiger partial charge in [0, 0.05) is 6.54 Å². The van der Waals surface area contributed by atoms with Gasteiger partial charge in [0.2, 0.25) is 0 Å². The van der Waals surface area contributed by atoms with Crippen LogP contribution in [0.4, 0.5) is 17.1 Å². The summed E-state index contributed by atoms with van der Waals surface area (Å²) in [6.07, 6.45) is 2.27. The van der Waals surface area contributed by atoms with E-state index in [4.69, 9.17) is 5.73 Å². The Morgan fingerprint density at radius 1 is 1.45 bits per heavy atom. The SMILES string of the molecule is CCN1CCC(CNc2cccc(N)c2[N+](=O)[O-])CC1. The molecule has 1 fully saturated rings. The number of piperidine rings is 1. The fourth-order valence-corrected chi connectivity index (χ4v) is 2.67. The van der Waals surface area contributed by atoms with Crippen molar-refractivity contribution in [1.29, 1.82) is 0 Å². The zero-order valence-corrected chi connectivity index (χ0v) is 11.8. The van der Waals surface area contributed by atoms with E-state index >= 15 is 0 Å². The van der Waals surface area contributed by atoms with Crippen LogP contribution in [-0.4, -0.2) is 36.0 Å². The fourth-order valence-electron chi connectivity index (χ4n) is 2.67. The minimum atomic E-state index is -0.419. The average molecular weight is 278 g/mol. The molecule has 1 saturated heterocycles. The first kappa shape index (κ1) is 14.6. The third-order valence-electron chi connectivity index (χ3n) is 3.99. The third kappa shape index (κ3) is 3.39. The maximum absolute atomic E-state index is 11.1. The predicted octanol–water partition coefficient (Wildman–Crippen LogP) is 2.32. The molecule has 1 heterocycles. The van der Waals surface area contributed by atoms with E-state index in [9.17, 15) is 10.1 Å². The predicted molar refractivity (Wildman–Crippen MR) is 80.8 cm³/mol. The number of nitrogens with one attached hydrogen (secondary N) is 1. The molecule has 6 heteroatoms. The Balaban J connectivity index is 1.95. The molecule has 6 nitrogen and oxygen atoms in total. The van der Waals surface area contributed by atoms with Gasteiger partial charge in [-0.1, -0.05) is 13.0 Å². The normalized spacial score (nSPS) is 17.1. The first-order valence-electron chi connectivity index (χ1n) is 7.11. The van der Waals surface area contributed by atoms with Gasteiger partial charge in [-0.25, -0.2) is 0 Å². The minimum Gasteiger partial charge on any atom is -0.393 e. The van der Waals surface area contributed by atoms with Crippen molar-refractivity contribution in [2.24, 2.45) is 5.92 Å². The average Bonchev–Trinajstić information content (AvgIpc) is 2.45. The number of rotatable bonds is 5. The van der Waals surface area contributed by atoms with E-state index in [1.54, 1.807) is 18.2 Å². The van der Waals surface area contributed by atoms with E-state index in [1.807, 2.05) is 0 Å². The Hall–Kier alpha value is -1.82. The van der Waals surface area contributed by atoms with E-state index < -0.39 is 4.92 Å². The van der Waals surface area contributed by atoms with Crippen LogP contribution in [0.2, 0.25) is 0 Å². The fraction of sp³-hybridized carbons (Fsp3) is 0.571. The molecule has 0 amide bonds. The van der Waals surface area contributed by atoms with Crippen molar-refractivity contribution in [2.75, 3.05) is 37.2 Å². The van der Waals surface area contributed by atoms with E-state index in [2.05, 4.69) is 17.1 Å². The number of hydrogen-bond donors (Lipinski definition) is 2. The first-order chi connectivity index (χ1) is 9.61. The quantitative estimate of drug-likeness (QED) is 0.490. The Labute approximate surface area is 119 Å². The molecular weight excluding hydrogens is 256 g/mol. The van der Waals surface area contributed by atoms with Crippen molar-refractivity contribution in [3.63, 3.8) is 0 Å². The number of nitrogen functional groups attached to an aromatic ring is 1. The largest absolute Gasteiger partial charge is 0.393 e. The van der Waals surface area contributed by atoms with Crippen LogP contribution in [-0.2, 0) is 0 Å². The zero-order chi connectivity index (χ0) is 14.5. The molecule has 0 radical (unpaired) electrons. The lowest BCUT2D eigenvalue weighted by Crippen LogP contribution is -2.35. The van der Waals surface area contributed by atoms with Gasteiger partial charge in [-0.2, -0.15) is 0 Å². The van der Waals surface area contributed by atoms with Crippen LogP contribution in [0.25, 0.3) is 0 Å². The maximum atomic E-state index is 11.1. The van der Waals surface area contributed by atoms with Crippen LogP contribution in [0, 0.1) is 16.0 Å². The molecule has 0 aliphatic carbocycles. The van der Waals surface area contributed by atoms with Gasteiger partial charge >= 0.3 is 5.69 Å². The van der Waals surface area contributed by atoms with Crippen molar-refractivity contribution in [3.05, 3.63) is 28.3 Å². The van der Waals surface area contributed by atoms with Gasteiger partial charge in [-0.15, -0.1) is 0 Å². The summed E-state index contributed by atoms with van der Waals surface area (Å²) < 4.78 is 0. The maximum Gasteiger partial charge on any atom is 0.314 e. The van der Waals surface area contributed by atoms with Gasteiger partial charge in [-0.3, -0.25) is 10.1 Å². The molecule has 0 atom stereocenters. The molecule has 0 spiro atoms. The van der Waals surface area contributed by atoms with Crippen molar-refractivity contribution in [3.8, 4) is 0 Å². The molecule has 1 aromatic carbocycles. The van der Waals surface area contributed by atoms with Crippen LogP contribution in [0.5, 0.6) is 0 Å². The highest BCUT2D eigenvalue weighted by Gasteiger charge is 2.21. The summed E-state index contributed by atoms with van der Waals surface area (Å²) in [6, 6.07) is 5.02. The van der Waals surface area contributed by atoms with Gasteiger partial charge in [0.1, 0.15) is 11.4 Å². The van der Waals surface area contributed by atoms with Crippen molar-refractivity contribution >= 4 is 17.1 Å². The summed E-state index contributed by atoms with van der Waals surface area (Å²) in [5, 5.41) is 14.3. The number of benzene rings is 1. The van der Waals surface area contributed by atoms with Crippen LogP contribution in [0.15, 0.2) is 18.2 Å². The second kappa shape index (κ2) is 6.56. The van der Waals surface area contributed by atoms with Crippen LogP contribution in [0.3, 0.4) is 0 Å². The smallest absolute Gasteiger partial charge is 0.314 e. The number of anilines is 2. The number of para-hydroxylation sites is 1. The molecular formula is C14H22N4O2. The van der Waals surface area contributed by atoms with Crippen molar-refractivity contribution in [1.82, 2.24) is 4.90 Å². The Morgan fingerprint density at radius 3 is 2.75 bits per heavy atom. The number of nitrogens with two attached hydrogens (primary N) is 1. The summed E-state index contributed by atoms with van der Waals surface area (Å²) in [6.45, 7) is 6.26. The summed E-state index contributed by atoms with van der Waals surface area (Å²) in [5.74, 6) is 0.568. The molecule has 2 rings (SSSR count). The molecule has 1 aromatic rings. The monoisotopic (exact) mass is 278 g/mol. The molecule has 3 N–H and O–H groups in total. The summed E-state index contributed by atoms with van der Waals surface area (Å²) in [5.41, 5.74) is 6.39. The van der Waals surface area contributed by atoms with Gasteiger partial charge in [0.15, 0.2) is 0 Å². The highest BCUT2D eigenvalue weighted by Crippen LogP contribution is 2.31. The molecule has 1 aliphatic rings. The first-order valence-corrected chi connectivity index (χ1v) is 7.11. The van der Waals surface area contributed by atoms with Crippen molar-refractivity contribution < 1.29 is 4.92 Å². The van der Waals surface area contributed by atoms with Gasteiger partial charge < -0.3 is 16.0 Å². The highest BCUT2D eigenvalue weighted by atomic mass is 16.6. The molecule has 1 aliphatic heterocycles. The van der Waals surface area contributed by atoms with Gasteiger partial charge in [0.05, 0.1) is 4.92 Å². The van der Waals surface area contributed by atoms with E-state index in [0.717, 1.165) is 39.0 Å². The molecule has 0 aromatic heterocycles. The Kier molecular flexibility index (Phi) is 4.79. The number of nitro benzene ring substituents is 1. The standard InChI is InChI=1S/C14H22N4O2/c1-2-17-8-6-11(7-9-17)10-16-13-5-3-4-12(15)14(13)18(19)20/h3-5,11,16H,2,6-10,15H2,1H3. The van der Waals surface area contributed by atoms with E-state index in [-0.39, 0.29) is 11.4 Å². The number of likely N-dealkylation sites (tertiary alicyclic amines) is 1. The highest BCUT2D eigenvalue weighted by molar-refractivity contribution is 5.74. The second-order valence-electron chi connectivity index (χ2n) is 5.26. The molecule has 110 valence electrons. The van der Waals surface area contributed by atoms with Crippen LogP contribution in [0.1, 0.15) is 19.8 Å². The number of hydrogen-bond acceptors (Lipinski definition) is 5. The van der Waals surface area contributed by atoms with Crippen LogP contribution < -0.4 is 11.1 Å². The summed E-state index contributed by atoms with van der Waals surface area (Å²) in [7, 11) is 0. The number of nitro groups is 1. The molecule has 20 heavy (non-hydrogen) atoms. The number of nitrogens with zero attached hydrogens (tertiary/aromatic N) is 2. The van der Waals surface area contributed by atoms with E-state index in [0.29, 0.717) is 11.6 Å². The lowest BCUT2D eigenvalue weighted by atomic mass is 9.96. The lowest BCUT2D eigenvalue weighted by Gasteiger charge is -2.31. The summed E-state index contributed by atoms with van der Waals surface area (Å²) in [4.78, 5) is 13.1. The lowest BCUT2D eigenvalue weighted by molar-refractivity contribution is -0.383. The molecule has 0 bridgehead atoms. The van der Waals surface area contributed by atoms with Crippen LogP contribution >= 0.6 is 0 Å². The Bertz CT molecular complexity index is 470. The Morgan fingerprint density at radius 2 is 2.15 bits per heavy atom. The van der Waals surface area contributed by atoms with Gasteiger partial charge in [-0.05, 0) is 50.5 Å². The van der Waals surface area contributed by atoms with Crippen molar-refractivity contribution in [2.45, 2.75) is 19.8 Å².